The molecule has 0 saturated carbocycles. The Bertz CT molecular complexity index is 1010. The fourth-order valence-electron chi connectivity index (χ4n) is 3.65. The minimum Gasteiger partial charge on any atom is -0.497 e. The number of nitrogens with zero attached hydrogens (tertiary/aromatic N) is 4. The average molecular weight is 457 g/mol. The maximum Gasteiger partial charge on any atom is 0.233 e. The van der Waals surface area contributed by atoms with Crippen molar-refractivity contribution in [2.75, 3.05) is 26.0 Å². The zero-order chi connectivity index (χ0) is 21.6. The van der Waals surface area contributed by atoms with Gasteiger partial charge in [-0.25, -0.2) is 0 Å². The highest BCUT2D eigenvalue weighted by atomic mass is 35.5. The molecule has 1 fully saturated rings. The van der Waals surface area contributed by atoms with Crippen molar-refractivity contribution in [1.29, 1.82) is 0 Å². The topological polar surface area (TPSA) is 60.3 Å². The number of amides is 1. The summed E-state index contributed by atoms with van der Waals surface area (Å²) in [5, 5.41) is 10.2. The summed E-state index contributed by atoms with van der Waals surface area (Å²) in [5.74, 6) is 1.98. The van der Waals surface area contributed by atoms with Crippen molar-refractivity contribution in [3.8, 4) is 22.8 Å². The molecule has 0 radical (unpaired) electrons. The summed E-state index contributed by atoms with van der Waals surface area (Å²) in [4.78, 5) is 14.8. The van der Waals surface area contributed by atoms with E-state index >= 15 is 0 Å². The molecule has 1 saturated heterocycles. The predicted molar refractivity (Wildman–Crippen MR) is 124 cm³/mol. The van der Waals surface area contributed by atoms with Crippen molar-refractivity contribution in [3.05, 3.63) is 53.6 Å². The highest BCUT2D eigenvalue weighted by Crippen LogP contribution is 2.30. The second kappa shape index (κ2) is 10.2. The van der Waals surface area contributed by atoms with Crippen molar-refractivity contribution in [2.24, 2.45) is 0 Å². The van der Waals surface area contributed by atoms with E-state index < -0.39 is 0 Å². The lowest BCUT2D eigenvalue weighted by Crippen LogP contribution is -2.33. The number of carbonyl (C=O) groups is 1. The van der Waals surface area contributed by atoms with Crippen molar-refractivity contribution in [1.82, 2.24) is 19.7 Å². The van der Waals surface area contributed by atoms with Crippen LogP contribution >= 0.6 is 23.4 Å². The summed E-state index contributed by atoms with van der Waals surface area (Å²) in [6, 6.07) is 15.2. The van der Waals surface area contributed by atoms with Crippen LogP contribution in [0.4, 0.5) is 0 Å². The van der Waals surface area contributed by atoms with Crippen LogP contribution in [0.15, 0.2) is 53.7 Å². The van der Waals surface area contributed by atoms with E-state index in [0.29, 0.717) is 21.8 Å². The molecule has 2 heterocycles. The molecule has 2 aromatic carbocycles. The summed E-state index contributed by atoms with van der Waals surface area (Å²) in [7, 11) is 1.64. The number of hydrogen-bond donors (Lipinski definition) is 0. The molecule has 1 aliphatic heterocycles. The first-order valence-electron chi connectivity index (χ1n) is 10.4. The molecule has 0 unspecified atom stereocenters. The van der Waals surface area contributed by atoms with Gasteiger partial charge in [0.25, 0.3) is 0 Å². The van der Waals surface area contributed by atoms with Gasteiger partial charge in [-0.1, -0.05) is 36.2 Å². The number of aromatic nitrogens is 3. The van der Waals surface area contributed by atoms with Crippen LogP contribution in [0, 0.1) is 0 Å². The Morgan fingerprint density at radius 3 is 2.32 bits per heavy atom. The number of benzene rings is 2. The number of methoxy groups -OCH3 is 1. The summed E-state index contributed by atoms with van der Waals surface area (Å²) in [6.45, 7) is 1.70. The van der Waals surface area contributed by atoms with E-state index in [0.717, 1.165) is 42.9 Å². The highest BCUT2D eigenvalue weighted by molar-refractivity contribution is 7.99. The largest absolute Gasteiger partial charge is 0.497 e. The van der Waals surface area contributed by atoms with Crippen LogP contribution in [0.1, 0.15) is 25.7 Å². The standard InChI is InChI=1S/C23H25ClN4O2S/c1-30-20-12-6-17(7-13-20)22-25-26-23(28(22)19-10-8-18(24)9-11-19)31-16-21(29)27-14-4-2-3-5-15-27/h6-13H,2-5,14-16H2,1H3. The maximum atomic E-state index is 12.8. The van der Waals surface area contributed by atoms with Crippen molar-refractivity contribution in [2.45, 2.75) is 30.8 Å². The quantitative estimate of drug-likeness (QED) is 0.483. The Balaban J connectivity index is 1.61. The third-order valence-electron chi connectivity index (χ3n) is 5.35. The van der Waals surface area contributed by atoms with Crippen molar-refractivity contribution in [3.63, 3.8) is 0 Å². The fraction of sp³-hybridized carbons (Fsp3) is 0.348. The Kier molecular flexibility index (Phi) is 7.14. The Morgan fingerprint density at radius 2 is 1.68 bits per heavy atom. The van der Waals surface area contributed by atoms with Crippen LogP contribution in [0.3, 0.4) is 0 Å². The molecule has 8 heteroatoms. The molecule has 1 amide bonds. The average Bonchev–Trinajstić information content (AvgIpc) is 3.02. The molecular weight excluding hydrogens is 432 g/mol. The van der Waals surface area contributed by atoms with Gasteiger partial charge >= 0.3 is 0 Å². The summed E-state index contributed by atoms with van der Waals surface area (Å²) in [5.41, 5.74) is 1.80. The molecule has 0 N–H and O–H groups in total. The SMILES string of the molecule is COc1ccc(-c2nnc(SCC(=O)N3CCCCCC3)n2-c2ccc(Cl)cc2)cc1. The van der Waals surface area contributed by atoms with Crippen LogP contribution in [0.2, 0.25) is 5.02 Å². The van der Waals surface area contributed by atoms with Crippen molar-refractivity contribution < 1.29 is 9.53 Å². The van der Waals surface area contributed by atoms with Gasteiger partial charge in [-0.05, 0) is 61.4 Å². The predicted octanol–water partition coefficient (Wildman–Crippen LogP) is 5.09. The molecule has 0 bridgehead atoms. The Hall–Kier alpha value is -2.51. The third-order valence-corrected chi connectivity index (χ3v) is 6.52. The molecule has 0 spiro atoms. The van der Waals surface area contributed by atoms with Crippen LogP contribution in [0.25, 0.3) is 17.1 Å². The fourth-order valence-corrected chi connectivity index (χ4v) is 4.63. The van der Waals surface area contributed by atoms with E-state index in [4.69, 9.17) is 16.3 Å². The summed E-state index contributed by atoms with van der Waals surface area (Å²) < 4.78 is 7.24. The molecule has 1 aliphatic rings. The van der Waals surface area contributed by atoms with E-state index in [1.807, 2.05) is 58.0 Å². The third kappa shape index (κ3) is 5.22. The minimum absolute atomic E-state index is 0.156. The van der Waals surface area contributed by atoms with E-state index in [1.165, 1.54) is 24.6 Å². The monoisotopic (exact) mass is 456 g/mol. The van der Waals surface area contributed by atoms with Gasteiger partial charge in [-0.2, -0.15) is 0 Å². The number of carbonyl (C=O) groups excluding carboxylic acids is 1. The zero-order valence-corrected chi connectivity index (χ0v) is 19.0. The number of rotatable bonds is 6. The molecule has 1 aromatic heterocycles. The van der Waals surface area contributed by atoms with Crippen LogP contribution in [-0.2, 0) is 4.79 Å². The molecule has 0 aliphatic carbocycles. The molecule has 6 nitrogen and oxygen atoms in total. The first-order valence-corrected chi connectivity index (χ1v) is 11.8. The second-order valence-electron chi connectivity index (χ2n) is 7.43. The normalized spacial score (nSPS) is 14.3. The van der Waals surface area contributed by atoms with Gasteiger partial charge in [-0.15, -0.1) is 10.2 Å². The lowest BCUT2D eigenvalue weighted by Gasteiger charge is -2.20. The van der Waals surface area contributed by atoms with E-state index in [2.05, 4.69) is 10.2 Å². The van der Waals surface area contributed by atoms with E-state index in [9.17, 15) is 4.79 Å². The van der Waals surface area contributed by atoms with E-state index in [-0.39, 0.29) is 5.91 Å². The number of halogens is 1. The van der Waals surface area contributed by atoms with Crippen LogP contribution in [-0.4, -0.2) is 51.5 Å². The molecule has 162 valence electrons. The first kappa shape index (κ1) is 21.7. The lowest BCUT2D eigenvalue weighted by molar-refractivity contribution is -0.128. The number of hydrogen-bond acceptors (Lipinski definition) is 5. The van der Waals surface area contributed by atoms with Crippen molar-refractivity contribution >= 4 is 29.3 Å². The highest BCUT2D eigenvalue weighted by Gasteiger charge is 2.20. The van der Waals surface area contributed by atoms with Gasteiger partial charge in [0, 0.05) is 29.4 Å². The lowest BCUT2D eigenvalue weighted by atomic mass is 10.2. The van der Waals surface area contributed by atoms with Crippen LogP contribution in [0.5, 0.6) is 5.75 Å². The number of likely N-dealkylation sites (tertiary alicyclic amines) is 1. The molecular formula is C23H25ClN4O2S. The van der Waals surface area contributed by atoms with Crippen LogP contribution < -0.4 is 4.74 Å². The molecule has 3 aromatic rings. The van der Waals surface area contributed by atoms with Gasteiger partial charge in [0.1, 0.15) is 5.75 Å². The van der Waals surface area contributed by atoms with Gasteiger partial charge in [0.15, 0.2) is 11.0 Å². The van der Waals surface area contributed by atoms with Gasteiger partial charge in [-0.3, -0.25) is 9.36 Å². The molecule has 4 rings (SSSR count). The number of ether oxygens (including phenoxy) is 1. The molecule has 0 atom stereocenters. The van der Waals surface area contributed by atoms with Gasteiger partial charge in [0.2, 0.25) is 5.91 Å². The number of thioether (sulfide) groups is 1. The first-order chi connectivity index (χ1) is 15.2. The van der Waals surface area contributed by atoms with Gasteiger partial charge in [0.05, 0.1) is 12.9 Å². The maximum absolute atomic E-state index is 12.8. The molecule has 31 heavy (non-hydrogen) atoms. The Morgan fingerprint density at radius 1 is 1.00 bits per heavy atom. The minimum atomic E-state index is 0.156. The summed E-state index contributed by atoms with van der Waals surface area (Å²) in [6.07, 6.45) is 4.57. The second-order valence-corrected chi connectivity index (χ2v) is 8.81. The zero-order valence-electron chi connectivity index (χ0n) is 17.5. The Labute approximate surface area is 191 Å². The van der Waals surface area contributed by atoms with Gasteiger partial charge < -0.3 is 9.64 Å². The smallest absolute Gasteiger partial charge is 0.233 e. The van der Waals surface area contributed by atoms with E-state index in [1.54, 1.807) is 7.11 Å². The summed E-state index contributed by atoms with van der Waals surface area (Å²) >= 11 is 7.51.